The smallest absolute Gasteiger partial charge is 0.245 e. The Morgan fingerprint density at radius 3 is 2.81 bits per heavy atom. The third-order valence-electron chi connectivity index (χ3n) is 5.07. The zero-order valence-electron chi connectivity index (χ0n) is 14.6. The molecule has 4 aromatic rings. The molecule has 1 unspecified atom stereocenters. The molecule has 1 amide bonds. The molecular weight excluding hydrogens is 340 g/mol. The van der Waals surface area contributed by atoms with Crippen LogP contribution in [0.4, 0.5) is 0 Å². The third-order valence-corrected chi connectivity index (χ3v) is 5.07. The monoisotopic (exact) mass is 358 g/mol. The van der Waals surface area contributed by atoms with Crippen LogP contribution >= 0.6 is 0 Å². The lowest BCUT2D eigenvalue weighted by Crippen LogP contribution is -2.42. The second-order valence-corrected chi connectivity index (χ2v) is 6.65. The fourth-order valence-electron chi connectivity index (χ4n) is 3.77. The summed E-state index contributed by atoms with van der Waals surface area (Å²) in [6.07, 6.45) is 2.47. The lowest BCUT2D eigenvalue weighted by Gasteiger charge is -2.35. The minimum Gasteiger partial charge on any atom is -0.348 e. The van der Waals surface area contributed by atoms with Crippen LogP contribution in [0.3, 0.4) is 0 Å². The number of nitrogens with zero attached hydrogens (tertiary/aromatic N) is 5. The Labute approximate surface area is 155 Å². The zero-order chi connectivity index (χ0) is 18.2. The number of aromatic nitrogens is 5. The molecule has 134 valence electrons. The average Bonchev–Trinajstić information content (AvgIpc) is 3.35. The van der Waals surface area contributed by atoms with E-state index < -0.39 is 0 Å². The van der Waals surface area contributed by atoms with Crippen molar-refractivity contribution in [1.29, 1.82) is 0 Å². The standard InChI is InChI=1S/C20H18N6O/c27-18(12-26-17-9-5-4-8-15(17)23-24-26)25-11-10-16-19(22-13-21-16)20(25)14-6-2-1-3-7-14/h1-9,13,20H,10-12H2,(H,21,22). The molecule has 1 atom stereocenters. The molecule has 3 heterocycles. The van der Waals surface area contributed by atoms with Gasteiger partial charge in [0, 0.05) is 18.7 Å². The van der Waals surface area contributed by atoms with E-state index in [1.807, 2.05) is 59.5 Å². The first kappa shape index (κ1) is 15.7. The number of para-hydroxylation sites is 1. The highest BCUT2D eigenvalue weighted by molar-refractivity contribution is 5.80. The van der Waals surface area contributed by atoms with E-state index in [1.54, 1.807) is 11.0 Å². The number of H-pyrrole nitrogens is 1. The summed E-state index contributed by atoms with van der Waals surface area (Å²) >= 11 is 0. The number of imidazole rings is 1. The van der Waals surface area contributed by atoms with Crippen molar-refractivity contribution in [3.8, 4) is 0 Å². The quantitative estimate of drug-likeness (QED) is 0.610. The van der Waals surface area contributed by atoms with E-state index >= 15 is 0 Å². The van der Waals surface area contributed by atoms with Crippen LogP contribution < -0.4 is 0 Å². The Kier molecular flexibility index (Phi) is 3.71. The van der Waals surface area contributed by atoms with Gasteiger partial charge >= 0.3 is 0 Å². The van der Waals surface area contributed by atoms with Gasteiger partial charge in [-0.3, -0.25) is 4.79 Å². The van der Waals surface area contributed by atoms with Crippen molar-refractivity contribution < 1.29 is 4.79 Å². The van der Waals surface area contributed by atoms with Gasteiger partial charge in [-0.2, -0.15) is 0 Å². The summed E-state index contributed by atoms with van der Waals surface area (Å²) in [5.74, 6) is 0.00755. The van der Waals surface area contributed by atoms with E-state index in [9.17, 15) is 4.79 Å². The van der Waals surface area contributed by atoms with Crippen molar-refractivity contribution >= 4 is 16.9 Å². The first-order chi connectivity index (χ1) is 13.3. The predicted octanol–water partition coefficient (Wildman–Crippen LogP) is 2.33. The second-order valence-electron chi connectivity index (χ2n) is 6.65. The van der Waals surface area contributed by atoms with Gasteiger partial charge in [-0.25, -0.2) is 9.67 Å². The number of hydrogen-bond donors (Lipinski definition) is 1. The normalized spacial score (nSPS) is 16.4. The van der Waals surface area contributed by atoms with E-state index in [2.05, 4.69) is 20.3 Å². The first-order valence-electron chi connectivity index (χ1n) is 8.96. The molecular formula is C20H18N6O. The van der Waals surface area contributed by atoms with E-state index in [-0.39, 0.29) is 18.5 Å². The highest BCUT2D eigenvalue weighted by atomic mass is 16.2. The molecule has 27 heavy (non-hydrogen) atoms. The molecule has 0 aliphatic carbocycles. The van der Waals surface area contributed by atoms with Crippen molar-refractivity contribution in [2.24, 2.45) is 0 Å². The summed E-state index contributed by atoms with van der Waals surface area (Å²) in [6.45, 7) is 0.795. The SMILES string of the molecule is O=C(Cn1nnc2ccccc21)N1CCc2[nH]cnc2C1c1ccccc1. The van der Waals surface area contributed by atoms with Gasteiger partial charge in [0.2, 0.25) is 5.91 Å². The molecule has 7 nitrogen and oxygen atoms in total. The molecule has 0 saturated heterocycles. The number of rotatable bonds is 3. The summed E-state index contributed by atoms with van der Waals surface area (Å²) in [5.41, 5.74) is 4.73. The van der Waals surface area contributed by atoms with Crippen LogP contribution in [0, 0.1) is 0 Å². The molecule has 2 aromatic carbocycles. The first-order valence-corrected chi connectivity index (χ1v) is 8.96. The van der Waals surface area contributed by atoms with E-state index in [1.165, 1.54) is 0 Å². The van der Waals surface area contributed by atoms with Crippen LogP contribution in [-0.4, -0.2) is 42.3 Å². The van der Waals surface area contributed by atoms with Gasteiger partial charge in [0.25, 0.3) is 0 Å². The third kappa shape index (κ3) is 2.68. The van der Waals surface area contributed by atoms with Gasteiger partial charge in [0.1, 0.15) is 18.1 Å². The maximum atomic E-state index is 13.2. The van der Waals surface area contributed by atoms with Crippen molar-refractivity contribution in [2.45, 2.75) is 19.0 Å². The number of aromatic amines is 1. The molecule has 1 aliphatic rings. The molecule has 5 rings (SSSR count). The lowest BCUT2D eigenvalue weighted by atomic mass is 9.95. The maximum Gasteiger partial charge on any atom is 0.245 e. The van der Waals surface area contributed by atoms with Gasteiger partial charge < -0.3 is 9.88 Å². The number of amides is 1. The molecule has 0 spiro atoms. The zero-order valence-corrected chi connectivity index (χ0v) is 14.6. The Balaban J connectivity index is 1.50. The number of carbonyl (C=O) groups is 1. The van der Waals surface area contributed by atoms with Crippen LogP contribution in [0.1, 0.15) is 23.0 Å². The highest BCUT2D eigenvalue weighted by Gasteiger charge is 2.34. The molecule has 2 aromatic heterocycles. The van der Waals surface area contributed by atoms with Crippen LogP contribution in [0.25, 0.3) is 11.0 Å². The minimum absolute atomic E-state index is 0.00755. The fraction of sp³-hybridized carbons (Fsp3) is 0.200. The molecule has 0 bridgehead atoms. The number of hydrogen-bond acceptors (Lipinski definition) is 4. The number of fused-ring (bicyclic) bond motifs is 2. The Hall–Kier alpha value is -3.48. The number of benzene rings is 2. The fourth-order valence-corrected chi connectivity index (χ4v) is 3.77. The van der Waals surface area contributed by atoms with Gasteiger partial charge in [-0.05, 0) is 17.7 Å². The summed E-state index contributed by atoms with van der Waals surface area (Å²) in [6, 6.07) is 17.5. The second kappa shape index (κ2) is 6.35. The number of nitrogens with one attached hydrogen (secondary N) is 1. The molecule has 0 fully saturated rings. The predicted molar refractivity (Wildman–Crippen MR) is 99.8 cm³/mol. The van der Waals surface area contributed by atoms with Crippen molar-refractivity contribution in [3.63, 3.8) is 0 Å². The van der Waals surface area contributed by atoms with Crippen LogP contribution in [0.2, 0.25) is 0 Å². The average molecular weight is 358 g/mol. The molecule has 0 saturated carbocycles. The van der Waals surface area contributed by atoms with Crippen molar-refractivity contribution in [3.05, 3.63) is 77.9 Å². The molecule has 0 radical (unpaired) electrons. The largest absolute Gasteiger partial charge is 0.348 e. The number of carbonyl (C=O) groups excluding carboxylic acids is 1. The van der Waals surface area contributed by atoms with Crippen molar-refractivity contribution in [2.75, 3.05) is 6.54 Å². The topological polar surface area (TPSA) is 79.7 Å². The highest BCUT2D eigenvalue weighted by Crippen LogP contribution is 2.33. The molecule has 7 heteroatoms. The van der Waals surface area contributed by atoms with Crippen LogP contribution in [-0.2, 0) is 17.8 Å². The van der Waals surface area contributed by atoms with Crippen LogP contribution in [0.15, 0.2) is 60.9 Å². The molecule has 1 N–H and O–H groups in total. The lowest BCUT2D eigenvalue weighted by molar-refractivity contribution is -0.134. The summed E-state index contributed by atoms with van der Waals surface area (Å²) in [7, 11) is 0. The Morgan fingerprint density at radius 1 is 1.11 bits per heavy atom. The summed E-state index contributed by atoms with van der Waals surface area (Å²) in [4.78, 5) is 22.8. The van der Waals surface area contributed by atoms with Gasteiger partial charge in [0.05, 0.1) is 17.5 Å². The Bertz CT molecular complexity index is 1100. The van der Waals surface area contributed by atoms with Crippen molar-refractivity contribution in [1.82, 2.24) is 29.9 Å². The van der Waals surface area contributed by atoms with Crippen LogP contribution in [0.5, 0.6) is 0 Å². The van der Waals surface area contributed by atoms with E-state index in [4.69, 9.17) is 0 Å². The Morgan fingerprint density at radius 2 is 1.93 bits per heavy atom. The minimum atomic E-state index is -0.191. The summed E-state index contributed by atoms with van der Waals surface area (Å²) < 4.78 is 1.67. The van der Waals surface area contributed by atoms with Gasteiger partial charge in [-0.15, -0.1) is 5.10 Å². The summed E-state index contributed by atoms with van der Waals surface area (Å²) in [5, 5.41) is 8.31. The molecule has 1 aliphatic heterocycles. The van der Waals surface area contributed by atoms with Gasteiger partial charge in [-0.1, -0.05) is 47.7 Å². The maximum absolute atomic E-state index is 13.2. The van der Waals surface area contributed by atoms with E-state index in [0.717, 1.165) is 34.4 Å². The van der Waals surface area contributed by atoms with Gasteiger partial charge in [0.15, 0.2) is 0 Å². The van der Waals surface area contributed by atoms with E-state index in [0.29, 0.717) is 6.54 Å².